The van der Waals surface area contributed by atoms with E-state index in [-0.39, 0.29) is 5.91 Å². The second-order valence-corrected chi connectivity index (χ2v) is 12.2. The molecule has 1 amide bonds. The van der Waals surface area contributed by atoms with Crippen LogP contribution in [-0.4, -0.2) is 23.2 Å². The molecule has 5 rings (SSSR count). The molecule has 0 aliphatic heterocycles. The molecular formula is C29H40N2O2. The van der Waals surface area contributed by atoms with Crippen LogP contribution in [-0.2, 0) is 0 Å². The summed E-state index contributed by atoms with van der Waals surface area (Å²) in [6.07, 6.45) is 12.3. The Kier molecular flexibility index (Phi) is 6.06. The minimum atomic E-state index is -0.444. The highest BCUT2D eigenvalue weighted by atomic mass is 16.3. The molecule has 0 radical (unpaired) electrons. The van der Waals surface area contributed by atoms with Gasteiger partial charge in [0.1, 0.15) is 0 Å². The van der Waals surface area contributed by atoms with Crippen LogP contribution in [0.4, 0.5) is 0 Å². The maximum Gasteiger partial charge on any atom is 0.251 e. The van der Waals surface area contributed by atoms with Crippen molar-refractivity contribution < 1.29 is 9.90 Å². The molecule has 4 aliphatic rings. The van der Waals surface area contributed by atoms with Crippen LogP contribution < -0.4 is 5.32 Å². The third kappa shape index (κ3) is 4.23. The Bertz CT molecular complexity index is 917. The van der Waals surface area contributed by atoms with Crippen LogP contribution in [0.25, 0.3) is 0 Å². The summed E-state index contributed by atoms with van der Waals surface area (Å²) in [4.78, 5) is 12.8. The first kappa shape index (κ1) is 22.9. The molecule has 0 aromatic heterocycles. The Morgan fingerprint density at radius 1 is 1.03 bits per heavy atom. The van der Waals surface area contributed by atoms with Crippen LogP contribution in [0.5, 0.6) is 0 Å². The number of nitriles is 1. The van der Waals surface area contributed by atoms with E-state index in [2.05, 4.69) is 18.3 Å². The predicted octanol–water partition coefficient (Wildman–Crippen LogP) is 5.70. The lowest BCUT2D eigenvalue weighted by Gasteiger charge is -2.61. The number of carbonyl (C=O) groups is 1. The predicted molar refractivity (Wildman–Crippen MR) is 129 cm³/mol. The standard InChI is InChI=1S/C29H40N2O2/c1-28(33)14-12-23-21(16-28)10-11-25-24(23)13-15-29(2)22(4-3-5-26(25)29)18-31-27(32)20-8-6-19(17-30)7-9-20/h6-9,21-26,33H,3-5,10-16,18H2,1-2H3,(H,31,32)/t21?,22-,23+,24?,25-,26?,28-,29-/m1/s1. The summed E-state index contributed by atoms with van der Waals surface area (Å²) < 4.78 is 0. The zero-order chi connectivity index (χ0) is 23.2. The first-order valence-electron chi connectivity index (χ1n) is 13.3. The maximum atomic E-state index is 12.8. The number of fused-ring (bicyclic) bond motifs is 5. The van der Waals surface area contributed by atoms with Crippen LogP contribution in [0.2, 0.25) is 0 Å². The molecule has 0 spiro atoms. The highest BCUT2D eigenvalue weighted by molar-refractivity contribution is 5.94. The number of hydrogen-bond donors (Lipinski definition) is 2. The van der Waals surface area contributed by atoms with E-state index in [1.165, 1.54) is 51.4 Å². The molecule has 2 N–H and O–H groups in total. The number of nitrogens with one attached hydrogen (secondary N) is 1. The summed E-state index contributed by atoms with van der Waals surface area (Å²) in [6.45, 7) is 5.34. The molecule has 4 aliphatic carbocycles. The van der Waals surface area contributed by atoms with Crippen molar-refractivity contribution in [1.29, 1.82) is 5.26 Å². The summed E-state index contributed by atoms with van der Waals surface area (Å²) in [6, 6.07) is 9.06. The van der Waals surface area contributed by atoms with Crippen molar-refractivity contribution in [2.24, 2.45) is 40.9 Å². The quantitative estimate of drug-likeness (QED) is 0.623. The van der Waals surface area contributed by atoms with E-state index in [4.69, 9.17) is 5.26 Å². The van der Waals surface area contributed by atoms with Gasteiger partial charge in [-0.25, -0.2) is 0 Å². The van der Waals surface area contributed by atoms with Crippen molar-refractivity contribution in [2.75, 3.05) is 6.54 Å². The Morgan fingerprint density at radius 2 is 1.79 bits per heavy atom. The minimum absolute atomic E-state index is 0.0198. The van der Waals surface area contributed by atoms with Gasteiger partial charge in [-0.1, -0.05) is 13.3 Å². The molecule has 4 heteroatoms. The number of rotatable bonds is 3. The van der Waals surface area contributed by atoms with Crippen molar-refractivity contribution in [1.82, 2.24) is 5.32 Å². The fraction of sp³-hybridized carbons (Fsp3) is 0.724. The topological polar surface area (TPSA) is 73.1 Å². The normalized spacial score (nSPS) is 42.2. The molecule has 8 atom stereocenters. The van der Waals surface area contributed by atoms with Gasteiger partial charge in [0, 0.05) is 12.1 Å². The fourth-order valence-electron chi connectivity index (χ4n) is 8.74. The monoisotopic (exact) mass is 448 g/mol. The lowest BCUT2D eigenvalue weighted by atomic mass is 9.45. The number of carbonyl (C=O) groups excluding carboxylic acids is 1. The zero-order valence-electron chi connectivity index (χ0n) is 20.4. The lowest BCUT2D eigenvalue weighted by Crippen LogP contribution is -2.55. The largest absolute Gasteiger partial charge is 0.390 e. The van der Waals surface area contributed by atoms with Crippen LogP contribution in [0.15, 0.2) is 24.3 Å². The first-order valence-corrected chi connectivity index (χ1v) is 13.3. The van der Waals surface area contributed by atoms with Crippen molar-refractivity contribution >= 4 is 5.91 Å². The van der Waals surface area contributed by atoms with Gasteiger partial charge in [0.25, 0.3) is 5.91 Å². The molecule has 4 saturated carbocycles. The zero-order valence-corrected chi connectivity index (χ0v) is 20.4. The number of amides is 1. The average molecular weight is 449 g/mol. The Labute approximate surface area is 199 Å². The van der Waals surface area contributed by atoms with Gasteiger partial charge in [-0.05, 0) is 130 Å². The van der Waals surface area contributed by atoms with Gasteiger partial charge in [-0.2, -0.15) is 5.26 Å². The second-order valence-electron chi connectivity index (χ2n) is 12.2. The van der Waals surface area contributed by atoms with Crippen molar-refractivity contribution in [3.05, 3.63) is 35.4 Å². The Hall–Kier alpha value is -1.86. The lowest BCUT2D eigenvalue weighted by molar-refractivity contribution is -0.125. The van der Waals surface area contributed by atoms with Crippen LogP contribution in [0.3, 0.4) is 0 Å². The number of nitrogens with zero attached hydrogens (tertiary/aromatic N) is 1. The molecule has 0 bridgehead atoms. The van der Waals surface area contributed by atoms with Crippen molar-refractivity contribution in [3.8, 4) is 6.07 Å². The number of aliphatic hydroxyl groups is 1. The summed E-state index contributed by atoms with van der Waals surface area (Å²) in [5, 5.41) is 22.9. The van der Waals surface area contributed by atoms with E-state index < -0.39 is 5.60 Å². The van der Waals surface area contributed by atoms with Gasteiger partial charge in [0.05, 0.1) is 17.2 Å². The van der Waals surface area contributed by atoms with Crippen molar-refractivity contribution in [2.45, 2.75) is 83.7 Å². The minimum Gasteiger partial charge on any atom is -0.390 e. The van der Waals surface area contributed by atoms with E-state index in [0.717, 1.165) is 49.0 Å². The summed E-state index contributed by atoms with van der Waals surface area (Å²) in [5.74, 6) is 4.55. The third-order valence-electron chi connectivity index (χ3n) is 10.5. The molecule has 1 aromatic rings. The summed E-state index contributed by atoms with van der Waals surface area (Å²) >= 11 is 0. The SMILES string of the molecule is C[C@@]1(O)CC[C@H]2C(CC[C@@H]3C2CC[C@@]2(C)C3CCC[C@@H]2CNC(=O)c2ccc(C#N)cc2)C1. The van der Waals surface area contributed by atoms with E-state index in [1.54, 1.807) is 24.3 Å². The smallest absolute Gasteiger partial charge is 0.251 e. The van der Waals surface area contributed by atoms with Gasteiger partial charge in [-0.15, -0.1) is 0 Å². The van der Waals surface area contributed by atoms with Gasteiger partial charge in [0.15, 0.2) is 0 Å². The average Bonchev–Trinajstić information content (AvgIpc) is 2.81. The van der Waals surface area contributed by atoms with Gasteiger partial charge in [-0.3, -0.25) is 4.79 Å². The Balaban J connectivity index is 1.26. The molecule has 4 nitrogen and oxygen atoms in total. The highest BCUT2D eigenvalue weighted by Gasteiger charge is 2.55. The van der Waals surface area contributed by atoms with Gasteiger partial charge in [0.2, 0.25) is 0 Å². The van der Waals surface area contributed by atoms with Gasteiger partial charge >= 0.3 is 0 Å². The number of hydrogen-bond acceptors (Lipinski definition) is 3. The molecule has 0 saturated heterocycles. The van der Waals surface area contributed by atoms with Crippen LogP contribution >= 0.6 is 0 Å². The summed E-state index contributed by atoms with van der Waals surface area (Å²) in [7, 11) is 0. The van der Waals surface area contributed by atoms with Crippen molar-refractivity contribution in [3.63, 3.8) is 0 Å². The third-order valence-corrected chi connectivity index (χ3v) is 10.5. The molecule has 4 fully saturated rings. The highest BCUT2D eigenvalue weighted by Crippen LogP contribution is 2.63. The van der Waals surface area contributed by atoms with Crippen LogP contribution in [0, 0.1) is 52.3 Å². The molecular weight excluding hydrogens is 408 g/mol. The molecule has 1 aromatic carbocycles. The Morgan fingerprint density at radius 3 is 2.55 bits per heavy atom. The van der Waals surface area contributed by atoms with Gasteiger partial charge < -0.3 is 10.4 Å². The number of benzene rings is 1. The summed E-state index contributed by atoms with van der Waals surface area (Å²) in [5.41, 5.74) is 1.11. The van der Waals surface area contributed by atoms with Crippen LogP contribution in [0.1, 0.15) is 94.0 Å². The first-order chi connectivity index (χ1) is 15.8. The molecule has 33 heavy (non-hydrogen) atoms. The molecule has 178 valence electrons. The van der Waals surface area contributed by atoms with E-state index in [0.29, 0.717) is 22.5 Å². The van der Waals surface area contributed by atoms with E-state index in [9.17, 15) is 9.90 Å². The molecule has 0 heterocycles. The second kappa shape index (κ2) is 8.73. The van der Waals surface area contributed by atoms with E-state index >= 15 is 0 Å². The van der Waals surface area contributed by atoms with E-state index in [1.807, 2.05) is 6.92 Å². The molecule has 3 unspecified atom stereocenters. The maximum absolute atomic E-state index is 12.8. The fourth-order valence-corrected chi connectivity index (χ4v) is 8.74.